The van der Waals surface area contributed by atoms with Crippen molar-refractivity contribution in [2.24, 2.45) is 0 Å². The van der Waals surface area contributed by atoms with E-state index in [0.717, 1.165) is 32.7 Å². The summed E-state index contributed by atoms with van der Waals surface area (Å²) >= 11 is 0. The summed E-state index contributed by atoms with van der Waals surface area (Å²) in [6.07, 6.45) is 5.32. The molecule has 3 heteroatoms. The monoisotopic (exact) mass is 348 g/mol. The van der Waals surface area contributed by atoms with E-state index < -0.39 is 0 Å². The molecule has 0 amide bonds. The van der Waals surface area contributed by atoms with E-state index in [0.29, 0.717) is 6.04 Å². The third kappa shape index (κ3) is 5.58. The van der Waals surface area contributed by atoms with Crippen LogP contribution >= 0.6 is 0 Å². The summed E-state index contributed by atoms with van der Waals surface area (Å²) in [6, 6.07) is 26.0. The molecule has 1 atom stereocenters. The molecule has 3 rings (SSSR count). The summed E-state index contributed by atoms with van der Waals surface area (Å²) in [7, 11) is 1.78. The van der Waals surface area contributed by atoms with E-state index >= 15 is 0 Å². The highest BCUT2D eigenvalue weighted by Crippen LogP contribution is 2.18. The average molecular weight is 348 g/mol. The maximum atomic E-state index is 5.36. The summed E-state index contributed by atoms with van der Waals surface area (Å²) in [5, 5.41) is 0. The van der Waals surface area contributed by atoms with Crippen molar-refractivity contribution in [2.75, 3.05) is 20.3 Å². The van der Waals surface area contributed by atoms with Gasteiger partial charge >= 0.3 is 0 Å². The molecule has 0 unspecified atom stereocenters. The quantitative estimate of drug-likeness (QED) is 0.525. The third-order valence-electron chi connectivity index (χ3n) is 4.67. The van der Waals surface area contributed by atoms with Gasteiger partial charge in [-0.15, -0.1) is 0 Å². The molecule has 0 saturated heterocycles. The third-order valence-corrected chi connectivity index (χ3v) is 4.67. The van der Waals surface area contributed by atoms with Gasteiger partial charge in [0.05, 0.1) is 0 Å². The molecule has 0 aliphatic rings. The molecule has 0 N–H and O–H groups in total. The number of hydrogen-bond donors (Lipinski definition) is 0. The lowest BCUT2D eigenvalue weighted by Crippen LogP contribution is -2.30. The van der Waals surface area contributed by atoms with Crippen LogP contribution in [0.3, 0.4) is 0 Å². The van der Waals surface area contributed by atoms with Crippen molar-refractivity contribution < 1.29 is 4.74 Å². The van der Waals surface area contributed by atoms with Gasteiger partial charge in [0.2, 0.25) is 0 Å². The average Bonchev–Trinajstić information content (AvgIpc) is 3.21. The molecule has 0 bridgehead atoms. The van der Waals surface area contributed by atoms with Gasteiger partial charge in [-0.1, -0.05) is 60.7 Å². The highest BCUT2D eigenvalue weighted by atomic mass is 16.5. The SMILES string of the molecule is COCC[C@@H](CN(Cc1ccccc1)Cc1ccccc1)n1cccc1. The van der Waals surface area contributed by atoms with Crippen LogP contribution in [0.15, 0.2) is 85.2 Å². The molecule has 0 aliphatic heterocycles. The minimum absolute atomic E-state index is 0.400. The number of ether oxygens (including phenoxy) is 1. The molecule has 0 saturated carbocycles. The lowest BCUT2D eigenvalue weighted by Gasteiger charge is -2.29. The van der Waals surface area contributed by atoms with Gasteiger partial charge in [-0.05, 0) is 29.7 Å². The van der Waals surface area contributed by atoms with Crippen molar-refractivity contribution in [3.05, 3.63) is 96.3 Å². The summed E-state index contributed by atoms with van der Waals surface area (Å²) in [5.41, 5.74) is 2.70. The van der Waals surface area contributed by atoms with Gasteiger partial charge in [0.15, 0.2) is 0 Å². The van der Waals surface area contributed by atoms with Crippen LogP contribution in [0, 0.1) is 0 Å². The van der Waals surface area contributed by atoms with Gasteiger partial charge in [-0.3, -0.25) is 4.90 Å². The van der Waals surface area contributed by atoms with Gasteiger partial charge in [-0.25, -0.2) is 0 Å². The molecule has 3 aromatic rings. The van der Waals surface area contributed by atoms with Crippen LogP contribution in [-0.2, 0) is 17.8 Å². The first-order chi connectivity index (χ1) is 12.8. The first-order valence-electron chi connectivity index (χ1n) is 9.27. The summed E-state index contributed by atoms with van der Waals surface area (Å²) in [6.45, 7) is 3.65. The summed E-state index contributed by atoms with van der Waals surface area (Å²) in [5.74, 6) is 0. The van der Waals surface area contributed by atoms with E-state index in [1.807, 2.05) is 0 Å². The fourth-order valence-corrected chi connectivity index (χ4v) is 3.35. The van der Waals surface area contributed by atoms with E-state index in [4.69, 9.17) is 4.74 Å². The zero-order valence-electron chi connectivity index (χ0n) is 15.5. The van der Waals surface area contributed by atoms with Crippen molar-refractivity contribution in [2.45, 2.75) is 25.6 Å². The Bertz CT molecular complexity index is 684. The molecule has 2 aromatic carbocycles. The molecule has 1 heterocycles. The van der Waals surface area contributed by atoms with E-state index in [1.165, 1.54) is 11.1 Å². The van der Waals surface area contributed by atoms with Crippen molar-refractivity contribution in [3.63, 3.8) is 0 Å². The maximum Gasteiger partial charge on any atom is 0.0482 e. The predicted octanol–water partition coefficient (Wildman–Crippen LogP) is 4.77. The largest absolute Gasteiger partial charge is 0.385 e. The Labute approximate surface area is 156 Å². The minimum atomic E-state index is 0.400. The molecule has 0 radical (unpaired) electrons. The first-order valence-corrected chi connectivity index (χ1v) is 9.27. The molecular formula is C23H28N2O. The van der Waals surface area contributed by atoms with Gasteiger partial charge < -0.3 is 9.30 Å². The fourth-order valence-electron chi connectivity index (χ4n) is 3.35. The van der Waals surface area contributed by atoms with Gasteiger partial charge in [-0.2, -0.15) is 0 Å². The molecule has 0 spiro atoms. The van der Waals surface area contributed by atoms with Crippen molar-refractivity contribution in [1.82, 2.24) is 9.47 Å². The summed E-state index contributed by atoms with van der Waals surface area (Å²) < 4.78 is 7.66. The zero-order valence-corrected chi connectivity index (χ0v) is 15.5. The van der Waals surface area contributed by atoms with E-state index in [2.05, 4.69) is 94.7 Å². The van der Waals surface area contributed by atoms with Gasteiger partial charge in [0, 0.05) is 51.8 Å². The number of hydrogen-bond acceptors (Lipinski definition) is 2. The number of aromatic nitrogens is 1. The number of nitrogens with zero attached hydrogens (tertiary/aromatic N) is 2. The Morgan fingerprint density at radius 2 is 1.35 bits per heavy atom. The second kappa shape index (κ2) is 9.95. The highest BCUT2D eigenvalue weighted by molar-refractivity contribution is 5.17. The van der Waals surface area contributed by atoms with E-state index in [1.54, 1.807) is 7.11 Å². The van der Waals surface area contributed by atoms with Crippen LogP contribution < -0.4 is 0 Å². The smallest absolute Gasteiger partial charge is 0.0482 e. The topological polar surface area (TPSA) is 17.4 Å². The number of benzene rings is 2. The van der Waals surface area contributed by atoms with Crippen LogP contribution in [0.2, 0.25) is 0 Å². The molecule has 0 fully saturated rings. The molecule has 0 aliphatic carbocycles. The second-order valence-electron chi connectivity index (χ2n) is 6.71. The Morgan fingerprint density at radius 1 is 0.808 bits per heavy atom. The molecule has 26 heavy (non-hydrogen) atoms. The van der Waals surface area contributed by atoms with Gasteiger partial charge in [0.25, 0.3) is 0 Å². The van der Waals surface area contributed by atoms with Crippen molar-refractivity contribution in [3.8, 4) is 0 Å². The first kappa shape index (κ1) is 18.4. The van der Waals surface area contributed by atoms with Crippen LogP contribution in [0.4, 0.5) is 0 Å². The molecule has 1 aromatic heterocycles. The van der Waals surface area contributed by atoms with Crippen molar-refractivity contribution >= 4 is 0 Å². The lowest BCUT2D eigenvalue weighted by molar-refractivity contribution is 0.152. The Hall–Kier alpha value is -2.36. The van der Waals surface area contributed by atoms with E-state index in [-0.39, 0.29) is 0 Å². The minimum Gasteiger partial charge on any atom is -0.385 e. The molecule has 136 valence electrons. The standard InChI is InChI=1S/C23H28N2O/c1-26-17-14-23(25-15-8-9-16-25)20-24(18-21-10-4-2-5-11-21)19-22-12-6-3-7-13-22/h2-13,15-16,23H,14,17-20H2,1H3/t23-/m0/s1. The van der Waals surface area contributed by atoms with Crippen LogP contribution in [-0.4, -0.2) is 29.7 Å². The van der Waals surface area contributed by atoms with Crippen LogP contribution in [0.5, 0.6) is 0 Å². The fraction of sp³-hybridized carbons (Fsp3) is 0.304. The van der Waals surface area contributed by atoms with Gasteiger partial charge in [0.1, 0.15) is 0 Å². The Kier molecular flexibility index (Phi) is 7.05. The lowest BCUT2D eigenvalue weighted by atomic mass is 10.1. The predicted molar refractivity (Wildman–Crippen MR) is 107 cm³/mol. The normalized spacial score (nSPS) is 12.4. The summed E-state index contributed by atoms with van der Waals surface area (Å²) in [4.78, 5) is 2.53. The highest BCUT2D eigenvalue weighted by Gasteiger charge is 2.16. The van der Waals surface area contributed by atoms with Crippen LogP contribution in [0.1, 0.15) is 23.6 Å². The Morgan fingerprint density at radius 3 is 1.85 bits per heavy atom. The van der Waals surface area contributed by atoms with Crippen LogP contribution in [0.25, 0.3) is 0 Å². The molecule has 3 nitrogen and oxygen atoms in total. The second-order valence-corrected chi connectivity index (χ2v) is 6.71. The Balaban J connectivity index is 1.76. The maximum absolute atomic E-state index is 5.36. The molecular weight excluding hydrogens is 320 g/mol. The van der Waals surface area contributed by atoms with Crippen molar-refractivity contribution in [1.29, 1.82) is 0 Å². The zero-order chi connectivity index (χ0) is 18.0. The number of rotatable bonds is 10. The van der Waals surface area contributed by atoms with E-state index in [9.17, 15) is 0 Å². The number of methoxy groups -OCH3 is 1.